The summed E-state index contributed by atoms with van der Waals surface area (Å²) in [6.45, 7) is 0. The number of nitrogens with two attached hydrogens (primary N) is 4. The van der Waals surface area contributed by atoms with E-state index in [0.29, 0.717) is 0 Å². The van der Waals surface area contributed by atoms with E-state index in [1.165, 1.54) is 24.3 Å². The van der Waals surface area contributed by atoms with Crippen molar-refractivity contribution in [1.29, 1.82) is 0 Å². The molecule has 10 N–H and O–H groups in total. The van der Waals surface area contributed by atoms with Crippen molar-refractivity contribution in [2.24, 2.45) is 23.4 Å². The van der Waals surface area contributed by atoms with Gasteiger partial charge in [-0.15, -0.1) is 0 Å². The number of benzene rings is 1. The minimum atomic E-state index is -1.06. The quantitative estimate of drug-likeness (QED) is 0.268. The van der Waals surface area contributed by atoms with Gasteiger partial charge in [0, 0.05) is 0 Å². The Bertz CT molecular complexity index is 292. The summed E-state index contributed by atoms with van der Waals surface area (Å²) in [6, 6.07) is 5.02. The molecule has 1 aromatic rings. The molecule has 0 spiro atoms. The zero-order chi connectivity index (χ0) is 13.1. The van der Waals surface area contributed by atoms with E-state index in [4.69, 9.17) is 10.2 Å². The van der Waals surface area contributed by atoms with Gasteiger partial charge in [-0.3, -0.25) is 23.4 Å². The second-order valence-electron chi connectivity index (χ2n) is 2.19. The van der Waals surface area contributed by atoms with Crippen LogP contribution in [0.15, 0.2) is 24.3 Å². The monoisotopic (exact) mass is 230 g/mol. The molecular weight excluding hydrogens is 216 g/mol. The van der Waals surface area contributed by atoms with Crippen molar-refractivity contribution < 1.29 is 19.8 Å². The second kappa shape index (κ2) is 9.55. The fraction of sp³-hybridized carbons (Fsp3) is 0. The van der Waals surface area contributed by atoms with Crippen molar-refractivity contribution in [3.8, 4) is 0 Å². The lowest BCUT2D eigenvalue weighted by Gasteiger charge is -1.94. The molecule has 0 saturated carbocycles. The molecule has 90 valence electrons. The van der Waals surface area contributed by atoms with E-state index in [0.717, 1.165) is 0 Å². The second-order valence-corrected chi connectivity index (χ2v) is 2.19. The first-order valence-electron chi connectivity index (χ1n) is 3.84. The first kappa shape index (κ1) is 16.4. The average Bonchev–Trinajstić information content (AvgIpc) is 2.34. The summed E-state index contributed by atoms with van der Waals surface area (Å²) in [7, 11) is 0. The molecule has 8 heteroatoms. The Kier molecular flexibility index (Phi) is 9.81. The largest absolute Gasteiger partial charge is 0.478 e. The summed E-state index contributed by atoms with van der Waals surface area (Å²) in [5.74, 6) is 13.9. The molecule has 0 aliphatic carbocycles. The van der Waals surface area contributed by atoms with E-state index in [9.17, 15) is 9.59 Å². The van der Waals surface area contributed by atoms with Crippen molar-refractivity contribution in [2.75, 3.05) is 0 Å². The molecule has 0 heterocycles. The van der Waals surface area contributed by atoms with Gasteiger partial charge in [-0.25, -0.2) is 9.59 Å². The lowest BCUT2D eigenvalue weighted by molar-refractivity contribution is 0.0681. The van der Waals surface area contributed by atoms with Crippen LogP contribution >= 0.6 is 0 Å². The molecule has 0 aromatic heterocycles. The van der Waals surface area contributed by atoms with Gasteiger partial charge in [-0.05, 0) is 24.3 Å². The predicted octanol–water partition coefficient (Wildman–Crippen LogP) is -1.28. The van der Waals surface area contributed by atoms with Crippen molar-refractivity contribution in [1.82, 2.24) is 0 Å². The lowest BCUT2D eigenvalue weighted by atomic mass is 10.1. The van der Waals surface area contributed by atoms with Crippen LogP contribution in [0.2, 0.25) is 0 Å². The molecule has 16 heavy (non-hydrogen) atoms. The molecule has 0 bridgehead atoms. The number of carboxylic acids is 2. The van der Waals surface area contributed by atoms with Gasteiger partial charge >= 0.3 is 11.9 Å². The molecule has 0 amide bonds. The van der Waals surface area contributed by atoms with E-state index < -0.39 is 11.9 Å². The Morgan fingerprint density at radius 1 is 0.750 bits per heavy atom. The SMILES string of the molecule is NN.NN.O=C(O)c1ccc(C(=O)O)cc1. The highest BCUT2D eigenvalue weighted by atomic mass is 16.4. The van der Waals surface area contributed by atoms with Crippen LogP contribution in [-0.4, -0.2) is 22.2 Å². The third-order valence-corrected chi connectivity index (χ3v) is 1.38. The maximum atomic E-state index is 10.3. The highest BCUT2D eigenvalue weighted by molar-refractivity contribution is 5.91. The van der Waals surface area contributed by atoms with Gasteiger partial charge < -0.3 is 10.2 Å². The Morgan fingerprint density at radius 3 is 1.06 bits per heavy atom. The Morgan fingerprint density at radius 2 is 0.938 bits per heavy atom. The van der Waals surface area contributed by atoms with Crippen LogP contribution in [0, 0.1) is 0 Å². The topological polar surface area (TPSA) is 179 Å². The van der Waals surface area contributed by atoms with E-state index in [1.807, 2.05) is 0 Å². The molecular formula is C8H14N4O4. The lowest BCUT2D eigenvalue weighted by Crippen LogP contribution is -2.02. The van der Waals surface area contributed by atoms with Gasteiger partial charge in [0.2, 0.25) is 0 Å². The minimum Gasteiger partial charge on any atom is -0.478 e. The number of carboxylic acid groups (broad SMARTS) is 2. The molecule has 0 saturated heterocycles. The van der Waals surface area contributed by atoms with Crippen LogP contribution < -0.4 is 23.4 Å². The predicted molar refractivity (Wildman–Crippen MR) is 57.1 cm³/mol. The number of rotatable bonds is 2. The fourth-order valence-corrected chi connectivity index (χ4v) is 0.755. The molecule has 0 aliphatic rings. The van der Waals surface area contributed by atoms with Crippen molar-refractivity contribution in [2.45, 2.75) is 0 Å². The summed E-state index contributed by atoms with van der Waals surface area (Å²) in [5.41, 5.74) is 0.167. The van der Waals surface area contributed by atoms with E-state index in [2.05, 4.69) is 23.4 Å². The maximum Gasteiger partial charge on any atom is 0.335 e. The van der Waals surface area contributed by atoms with Gasteiger partial charge in [0.25, 0.3) is 0 Å². The van der Waals surface area contributed by atoms with Crippen molar-refractivity contribution >= 4 is 11.9 Å². The van der Waals surface area contributed by atoms with Crippen molar-refractivity contribution in [3.05, 3.63) is 35.4 Å². The molecule has 0 unspecified atom stereocenters. The number of hydrogen-bond acceptors (Lipinski definition) is 6. The zero-order valence-corrected chi connectivity index (χ0v) is 8.33. The van der Waals surface area contributed by atoms with Gasteiger partial charge in [-0.1, -0.05) is 0 Å². The van der Waals surface area contributed by atoms with Crippen LogP contribution in [0.4, 0.5) is 0 Å². The molecule has 0 aliphatic heterocycles. The first-order valence-corrected chi connectivity index (χ1v) is 3.84. The third-order valence-electron chi connectivity index (χ3n) is 1.38. The summed E-state index contributed by atoms with van der Waals surface area (Å²) >= 11 is 0. The summed E-state index contributed by atoms with van der Waals surface area (Å²) in [5, 5.41) is 16.9. The maximum absolute atomic E-state index is 10.3. The number of hydrogen-bond donors (Lipinski definition) is 6. The average molecular weight is 230 g/mol. The summed E-state index contributed by atoms with van der Waals surface area (Å²) < 4.78 is 0. The third kappa shape index (κ3) is 5.67. The minimum absolute atomic E-state index is 0.0833. The van der Waals surface area contributed by atoms with Gasteiger partial charge in [0.1, 0.15) is 0 Å². The molecule has 1 rings (SSSR count). The van der Waals surface area contributed by atoms with Crippen LogP contribution in [-0.2, 0) is 0 Å². The van der Waals surface area contributed by atoms with E-state index in [-0.39, 0.29) is 11.1 Å². The summed E-state index contributed by atoms with van der Waals surface area (Å²) in [4.78, 5) is 20.7. The Hall–Kier alpha value is -2.00. The molecule has 8 nitrogen and oxygen atoms in total. The normalized spacial score (nSPS) is 7.75. The van der Waals surface area contributed by atoms with Gasteiger partial charge in [0.05, 0.1) is 11.1 Å². The fourth-order valence-electron chi connectivity index (χ4n) is 0.755. The number of hydrazine groups is 2. The van der Waals surface area contributed by atoms with Gasteiger partial charge in [0.15, 0.2) is 0 Å². The first-order chi connectivity index (χ1) is 7.61. The molecule has 0 atom stereocenters. The molecule has 1 aromatic carbocycles. The van der Waals surface area contributed by atoms with Crippen LogP contribution in [0.25, 0.3) is 0 Å². The van der Waals surface area contributed by atoms with Crippen LogP contribution in [0.1, 0.15) is 20.7 Å². The zero-order valence-electron chi connectivity index (χ0n) is 8.33. The number of carbonyl (C=O) groups is 2. The molecule has 0 fully saturated rings. The van der Waals surface area contributed by atoms with Crippen LogP contribution in [0.5, 0.6) is 0 Å². The standard InChI is InChI=1S/C8H6O4.2H4N2/c9-7(10)5-1-2-6(4-3-5)8(11)12;2*1-2/h1-4H,(H,9,10)(H,11,12);2*1-2H2. The van der Waals surface area contributed by atoms with Gasteiger partial charge in [-0.2, -0.15) is 0 Å². The summed E-state index contributed by atoms with van der Waals surface area (Å²) in [6.07, 6.45) is 0. The Balaban J connectivity index is 0. The smallest absolute Gasteiger partial charge is 0.335 e. The number of aromatic carboxylic acids is 2. The highest BCUT2D eigenvalue weighted by Gasteiger charge is 2.04. The molecule has 0 radical (unpaired) electrons. The van der Waals surface area contributed by atoms with Crippen LogP contribution in [0.3, 0.4) is 0 Å². The van der Waals surface area contributed by atoms with Crippen molar-refractivity contribution in [3.63, 3.8) is 0 Å². The Labute approximate surface area is 91.4 Å². The highest BCUT2D eigenvalue weighted by Crippen LogP contribution is 2.03. The van der Waals surface area contributed by atoms with E-state index in [1.54, 1.807) is 0 Å². The van der Waals surface area contributed by atoms with E-state index >= 15 is 0 Å².